The second-order valence-electron chi connectivity index (χ2n) is 3.59. The van der Waals surface area contributed by atoms with Crippen molar-refractivity contribution >= 4 is 5.97 Å². The first-order valence-corrected chi connectivity index (χ1v) is 5.09. The van der Waals surface area contributed by atoms with E-state index < -0.39 is 0 Å². The minimum Gasteiger partial charge on any atom is -0.469 e. The summed E-state index contributed by atoms with van der Waals surface area (Å²) in [7, 11) is 5.56. The van der Waals surface area contributed by atoms with Crippen molar-refractivity contribution in [1.82, 2.24) is 10.2 Å². The molecular weight excluding hydrogens is 180 g/mol. The summed E-state index contributed by atoms with van der Waals surface area (Å²) in [6.45, 7) is 2.82. The van der Waals surface area contributed by atoms with Gasteiger partial charge in [0.25, 0.3) is 0 Å². The van der Waals surface area contributed by atoms with E-state index in [4.69, 9.17) is 0 Å². The molecular formula is C10H22N2O2. The highest BCUT2D eigenvalue weighted by atomic mass is 16.5. The van der Waals surface area contributed by atoms with E-state index in [2.05, 4.69) is 29.0 Å². The lowest BCUT2D eigenvalue weighted by Crippen LogP contribution is -2.21. The molecule has 14 heavy (non-hydrogen) atoms. The summed E-state index contributed by atoms with van der Waals surface area (Å²) in [5.41, 5.74) is 0. The van der Waals surface area contributed by atoms with Gasteiger partial charge < -0.3 is 15.0 Å². The van der Waals surface area contributed by atoms with Crippen molar-refractivity contribution in [3.63, 3.8) is 0 Å². The highest BCUT2D eigenvalue weighted by molar-refractivity contribution is 5.69. The largest absolute Gasteiger partial charge is 0.469 e. The monoisotopic (exact) mass is 202 g/mol. The predicted octanol–water partition coefficient (Wildman–Crippen LogP) is 0.481. The van der Waals surface area contributed by atoms with Crippen LogP contribution >= 0.6 is 0 Å². The maximum Gasteiger partial charge on any atom is 0.306 e. The van der Waals surface area contributed by atoms with Crippen molar-refractivity contribution in [3.05, 3.63) is 0 Å². The van der Waals surface area contributed by atoms with Gasteiger partial charge in [-0.25, -0.2) is 0 Å². The van der Waals surface area contributed by atoms with Crippen LogP contribution in [-0.2, 0) is 9.53 Å². The quantitative estimate of drug-likeness (QED) is 0.459. The highest BCUT2D eigenvalue weighted by Gasteiger charge is 1.97. The zero-order valence-electron chi connectivity index (χ0n) is 9.51. The second-order valence-corrected chi connectivity index (χ2v) is 3.59. The van der Waals surface area contributed by atoms with Gasteiger partial charge in [-0.2, -0.15) is 0 Å². The number of nitrogens with one attached hydrogen (secondary N) is 1. The molecule has 0 spiro atoms. The molecule has 84 valence electrons. The average Bonchev–Trinajstić information content (AvgIpc) is 2.15. The second kappa shape index (κ2) is 8.97. The van der Waals surface area contributed by atoms with E-state index in [0.29, 0.717) is 13.0 Å². The fourth-order valence-electron chi connectivity index (χ4n) is 1.10. The number of hydrogen-bond acceptors (Lipinski definition) is 4. The zero-order chi connectivity index (χ0) is 10.8. The first-order valence-electron chi connectivity index (χ1n) is 5.09. The molecule has 0 aliphatic rings. The number of nitrogens with zero attached hydrogens (tertiary/aromatic N) is 1. The number of methoxy groups -OCH3 is 1. The topological polar surface area (TPSA) is 41.6 Å². The summed E-state index contributed by atoms with van der Waals surface area (Å²) in [6, 6.07) is 0. The fourth-order valence-corrected chi connectivity index (χ4v) is 1.10. The molecule has 0 saturated carbocycles. The molecule has 0 rings (SSSR count). The van der Waals surface area contributed by atoms with Crippen LogP contribution in [0.3, 0.4) is 0 Å². The Balaban J connectivity index is 3.03. The molecule has 0 amide bonds. The molecule has 0 radical (unpaired) electrons. The van der Waals surface area contributed by atoms with Crippen molar-refractivity contribution in [2.75, 3.05) is 40.8 Å². The van der Waals surface area contributed by atoms with Gasteiger partial charge in [0, 0.05) is 6.54 Å². The zero-order valence-corrected chi connectivity index (χ0v) is 9.51. The molecule has 0 aromatic heterocycles. The number of hydrogen-bond donors (Lipinski definition) is 1. The van der Waals surface area contributed by atoms with Gasteiger partial charge in [-0.3, -0.25) is 4.79 Å². The third kappa shape index (κ3) is 9.48. The van der Waals surface area contributed by atoms with Crippen LogP contribution in [0.2, 0.25) is 0 Å². The molecule has 0 aromatic carbocycles. The Labute approximate surface area is 86.6 Å². The van der Waals surface area contributed by atoms with E-state index in [1.165, 1.54) is 13.5 Å². The number of ether oxygens (including phenoxy) is 1. The van der Waals surface area contributed by atoms with Crippen LogP contribution in [0, 0.1) is 0 Å². The van der Waals surface area contributed by atoms with E-state index in [-0.39, 0.29) is 5.97 Å². The minimum atomic E-state index is -0.147. The van der Waals surface area contributed by atoms with Crippen LogP contribution in [0.5, 0.6) is 0 Å². The number of carbonyl (C=O) groups excluding carboxylic acids is 1. The van der Waals surface area contributed by atoms with Crippen LogP contribution in [0.15, 0.2) is 0 Å². The maximum absolute atomic E-state index is 10.7. The van der Waals surface area contributed by atoms with E-state index in [9.17, 15) is 4.79 Å². The van der Waals surface area contributed by atoms with E-state index in [0.717, 1.165) is 19.5 Å². The first-order chi connectivity index (χ1) is 6.66. The van der Waals surface area contributed by atoms with Gasteiger partial charge in [0.1, 0.15) is 0 Å². The van der Waals surface area contributed by atoms with E-state index >= 15 is 0 Å². The van der Waals surface area contributed by atoms with Crippen LogP contribution in [0.4, 0.5) is 0 Å². The van der Waals surface area contributed by atoms with Crippen molar-refractivity contribution < 1.29 is 9.53 Å². The Hall–Kier alpha value is -0.610. The van der Waals surface area contributed by atoms with Crippen molar-refractivity contribution in [1.29, 1.82) is 0 Å². The maximum atomic E-state index is 10.7. The lowest BCUT2D eigenvalue weighted by Gasteiger charge is -2.09. The van der Waals surface area contributed by atoms with Gasteiger partial charge in [0.2, 0.25) is 0 Å². The predicted molar refractivity (Wildman–Crippen MR) is 57.3 cm³/mol. The number of rotatable bonds is 8. The lowest BCUT2D eigenvalue weighted by molar-refractivity contribution is -0.140. The number of unbranched alkanes of at least 4 members (excludes halogenated alkanes) is 1. The average molecular weight is 202 g/mol. The lowest BCUT2D eigenvalue weighted by atomic mass is 10.3. The molecule has 0 saturated heterocycles. The summed E-state index contributed by atoms with van der Waals surface area (Å²) < 4.78 is 4.52. The van der Waals surface area contributed by atoms with Gasteiger partial charge in [-0.15, -0.1) is 0 Å². The Morgan fingerprint density at radius 1 is 1.29 bits per heavy atom. The molecule has 0 fully saturated rings. The smallest absolute Gasteiger partial charge is 0.306 e. The van der Waals surface area contributed by atoms with E-state index in [1.807, 2.05) is 0 Å². The molecule has 0 aromatic rings. The molecule has 0 bridgehead atoms. The van der Waals surface area contributed by atoms with Crippen LogP contribution in [0.1, 0.15) is 19.3 Å². The number of carbonyl (C=O) groups is 1. The van der Waals surface area contributed by atoms with Gasteiger partial charge >= 0.3 is 5.97 Å². The molecule has 4 nitrogen and oxygen atoms in total. The summed E-state index contributed by atoms with van der Waals surface area (Å²) in [5, 5.41) is 3.20. The fraction of sp³-hybridized carbons (Fsp3) is 0.900. The molecule has 0 unspecified atom stereocenters. The first kappa shape index (κ1) is 13.4. The SMILES string of the molecule is COC(=O)CCNCCCCN(C)C. The highest BCUT2D eigenvalue weighted by Crippen LogP contribution is 1.89. The third-order valence-electron chi connectivity index (χ3n) is 1.94. The summed E-state index contributed by atoms with van der Waals surface area (Å²) >= 11 is 0. The standard InChI is InChI=1S/C10H22N2O2/c1-12(2)9-5-4-7-11-8-6-10(13)14-3/h11H,4-9H2,1-3H3. The normalized spacial score (nSPS) is 10.6. The molecule has 0 atom stereocenters. The Morgan fingerprint density at radius 3 is 2.57 bits per heavy atom. The molecule has 0 heterocycles. The summed E-state index contributed by atoms with van der Waals surface area (Å²) in [5.74, 6) is -0.147. The van der Waals surface area contributed by atoms with Crippen LogP contribution < -0.4 is 5.32 Å². The minimum absolute atomic E-state index is 0.147. The Morgan fingerprint density at radius 2 is 2.00 bits per heavy atom. The van der Waals surface area contributed by atoms with Gasteiger partial charge in [-0.1, -0.05) is 0 Å². The molecule has 0 aliphatic heterocycles. The van der Waals surface area contributed by atoms with Crippen molar-refractivity contribution in [2.24, 2.45) is 0 Å². The number of esters is 1. The molecule has 4 heteroatoms. The van der Waals surface area contributed by atoms with Crippen molar-refractivity contribution in [3.8, 4) is 0 Å². The Bertz CT molecular complexity index is 149. The molecule has 1 N–H and O–H groups in total. The molecule has 0 aliphatic carbocycles. The van der Waals surface area contributed by atoms with Crippen molar-refractivity contribution in [2.45, 2.75) is 19.3 Å². The van der Waals surface area contributed by atoms with Crippen LogP contribution in [-0.4, -0.2) is 51.7 Å². The summed E-state index contributed by atoms with van der Waals surface area (Å²) in [4.78, 5) is 12.9. The van der Waals surface area contributed by atoms with Gasteiger partial charge in [-0.05, 0) is 40.0 Å². The third-order valence-corrected chi connectivity index (χ3v) is 1.94. The van der Waals surface area contributed by atoms with Gasteiger partial charge in [0.05, 0.1) is 13.5 Å². The Kier molecular flexibility index (Phi) is 8.57. The van der Waals surface area contributed by atoms with Crippen LogP contribution in [0.25, 0.3) is 0 Å². The van der Waals surface area contributed by atoms with E-state index in [1.54, 1.807) is 0 Å². The summed E-state index contributed by atoms with van der Waals surface area (Å²) in [6.07, 6.45) is 2.81. The van der Waals surface area contributed by atoms with Gasteiger partial charge in [0.15, 0.2) is 0 Å².